The number of sulfonamides is 1. The first kappa shape index (κ1) is 17.1. The van der Waals surface area contributed by atoms with Crippen molar-refractivity contribution >= 4 is 43.2 Å². The van der Waals surface area contributed by atoms with Crippen molar-refractivity contribution in [3.05, 3.63) is 45.1 Å². The van der Waals surface area contributed by atoms with Gasteiger partial charge in [0, 0.05) is 36.1 Å². The van der Waals surface area contributed by atoms with E-state index >= 15 is 0 Å². The number of hydrogen-bond acceptors (Lipinski definition) is 4. The fourth-order valence-corrected chi connectivity index (χ4v) is 3.98. The van der Waals surface area contributed by atoms with Crippen molar-refractivity contribution in [2.75, 3.05) is 6.54 Å². The topological polar surface area (TPSA) is 80.5 Å². The van der Waals surface area contributed by atoms with Crippen molar-refractivity contribution in [2.24, 2.45) is 12.0 Å². The SMILES string of the molecule is Cn1ccsc1=NC(=O)CCNS(=O)(=O)c1cccc(Br)c1. The van der Waals surface area contributed by atoms with E-state index in [2.05, 4.69) is 25.6 Å². The molecule has 9 heteroatoms. The van der Waals surface area contributed by atoms with E-state index in [1.807, 2.05) is 5.38 Å². The molecular formula is C13H14BrN3O3S2. The Hall–Kier alpha value is -1.29. The number of carbonyl (C=O) groups excluding carboxylic acids is 1. The predicted octanol–water partition coefficient (Wildman–Crippen LogP) is 1.64. The summed E-state index contributed by atoms with van der Waals surface area (Å²) >= 11 is 4.57. The van der Waals surface area contributed by atoms with Gasteiger partial charge in [0.2, 0.25) is 15.9 Å². The Morgan fingerprint density at radius 3 is 2.86 bits per heavy atom. The lowest BCUT2D eigenvalue weighted by Gasteiger charge is -2.05. The van der Waals surface area contributed by atoms with Gasteiger partial charge in [0.15, 0.2) is 4.80 Å². The highest BCUT2D eigenvalue weighted by Crippen LogP contribution is 2.15. The van der Waals surface area contributed by atoms with Crippen molar-refractivity contribution in [1.29, 1.82) is 0 Å². The zero-order chi connectivity index (χ0) is 16.2. The number of nitrogens with zero attached hydrogens (tertiary/aromatic N) is 2. The zero-order valence-corrected chi connectivity index (χ0v) is 14.9. The van der Waals surface area contributed by atoms with E-state index in [0.717, 1.165) is 0 Å². The lowest BCUT2D eigenvalue weighted by atomic mass is 10.4. The lowest BCUT2D eigenvalue weighted by molar-refractivity contribution is -0.117. The van der Waals surface area contributed by atoms with E-state index in [1.165, 1.54) is 23.5 Å². The van der Waals surface area contributed by atoms with E-state index in [0.29, 0.717) is 9.27 Å². The van der Waals surface area contributed by atoms with Gasteiger partial charge in [-0.3, -0.25) is 4.79 Å². The van der Waals surface area contributed by atoms with Crippen LogP contribution in [0.4, 0.5) is 0 Å². The molecular weight excluding hydrogens is 390 g/mol. The minimum Gasteiger partial charge on any atom is -0.327 e. The molecule has 22 heavy (non-hydrogen) atoms. The van der Waals surface area contributed by atoms with Crippen LogP contribution in [0.3, 0.4) is 0 Å². The van der Waals surface area contributed by atoms with Gasteiger partial charge in [0.05, 0.1) is 4.90 Å². The third-order valence-electron chi connectivity index (χ3n) is 2.72. The maximum absolute atomic E-state index is 12.1. The van der Waals surface area contributed by atoms with E-state index in [1.54, 1.807) is 29.9 Å². The summed E-state index contributed by atoms with van der Waals surface area (Å²) in [4.78, 5) is 16.4. The second kappa shape index (κ2) is 7.32. The Morgan fingerprint density at radius 1 is 1.45 bits per heavy atom. The molecule has 2 rings (SSSR count). The Balaban J connectivity index is 1.96. The van der Waals surface area contributed by atoms with Gasteiger partial charge in [-0.1, -0.05) is 22.0 Å². The molecule has 1 aromatic carbocycles. The standard InChI is InChI=1S/C13H14BrN3O3S2/c1-17-7-8-21-13(17)16-12(18)5-6-15-22(19,20)11-4-2-3-10(14)9-11/h2-4,7-9,15H,5-6H2,1H3. The summed E-state index contributed by atoms with van der Waals surface area (Å²) in [6, 6.07) is 6.36. The van der Waals surface area contributed by atoms with Gasteiger partial charge >= 0.3 is 0 Å². The molecule has 6 nitrogen and oxygen atoms in total. The van der Waals surface area contributed by atoms with Gasteiger partial charge in [-0.25, -0.2) is 13.1 Å². The minimum atomic E-state index is -3.63. The molecule has 0 spiro atoms. The molecule has 1 amide bonds. The van der Waals surface area contributed by atoms with Gasteiger partial charge in [0.1, 0.15) is 0 Å². The number of rotatable bonds is 5. The number of thiazole rings is 1. The minimum absolute atomic E-state index is 0.00509. The van der Waals surface area contributed by atoms with Crippen LogP contribution in [0.1, 0.15) is 6.42 Å². The average Bonchev–Trinajstić information content (AvgIpc) is 2.84. The molecule has 0 unspecified atom stereocenters. The first-order valence-corrected chi connectivity index (χ1v) is 9.47. The predicted molar refractivity (Wildman–Crippen MR) is 87.8 cm³/mol. The van der Waals surface area contributed by atoms with E-state index in [4.69, 9.17) is 0 Å². The molecule has 118 valence electrons. The Labute approximate surface area is 140 Å². The molecule has 0 aliphatic heterocycles. The normalized spacial score (nSPS) is 12.5. The number of carbonyl (C=O) groups is 1. The van der Waals surface area contributed by atoms with Crippen molar-refractivity contribution < 1.29 is 13.2 Å². The lowest BCUT2D eigenvalue weighted by Crippen LogP contribution is -2.26. The van der Waals surface area contributed by atoms with Crippen LogP contribution in [0.5, 0.6) is 0 Å². The second-order valence-electron chi connectivity index (χ2n) is 4.41. The molecule has 0 saturated heterocycles. The summed E-state index contributed by atoms with van der Waals surface area (Å²) in [6.45, 7) is 0.00622. The quantitative estimate of drug-likeness (QED) is 0.823. The smallest absolute Gasteiger partial charge is 0.249 e. The molecule has 2 aromatic rings. The highest BCUT2D eigenvalue weighted by Gasteiger charge is 2.14. The largest absolute Gasteiger partial charge is 0.327 e. The summed E-state index contributed by atoms with van der Waals surface area (Å²) in [6.07, 6.45) is 1.80. The fourth-order valence-electron chi connectivity index (χ4n) is 1.61. The number of halogens is 1. The summed E-state index contributed by atoms with van der Waals surface area (Å²) in [5.41, 5.74) is 0. The summed E-state index contributed by atoms with van der Waals surface area (Å²) < 4.78 is 28.9. The maximum atomic E-state index is 12.1. The summed E-state index contributed by atoms with van der Waals surface area (Å²) in [5, 5.41) is 1.82. The Kier molecular flexibility index (Phi) is 5.68. The number of nitrogens with one attached hydrogen (secondary N) is 1. The number of benzene rings is 1. The molecule has 0 fully saturated rings. The van der Waals surface area contributed by atoms with Crippen LogP contribution in [0, 0.1) is 0 Å². The molecule has 1 N–H and O–H groups in total. The van der Waals surface area contributed by atoms with E-state index < -0.39 is 10.0 Å². The second-order valence-corrected chi connectivity index (χ2v) is 7.96. The zero-order valence-electron chi connectivity index (χ0n) is 11.7. The van der Waals surface area contributed by atoms with Crippen molar-refractivity contribution in [3.8, 4) is 0 Å². The first-order valence-electron chi connectivity index (χ1n) is 6.31. The number of aryl methyl sites for hydroxylation is 1. The van der Waals surface area contributed by atoms with Crippen LogP contribution in [0.25, 0.3) is 0 Å². The van der Waals surface area contributed by atoms with E-state index in [9.17, 15) is 13.2 Å². The third-order valence-corrected chi connectivity index (χ3v) is 5.52. The van der Waals surface area contributed by atoms with Gasteiger partial charge < -0.3 is 4.57 Å². The first-order chi connectivity index (χ1) is 10.4. The number of aromatic nitrogens is 1. The molecule has 0 atom stereocenters. The highest BCUT2D eigenvalue weighted by molar-refractivity contribution is 9.10. The van der Waals surface area contributed by atoms with Crippen molar-refractivity contribution in [3.63, 3.8) is 0 Å². The third kappa shape index (κ3) is 4.60. The average molecular weight is 404 g/mol. The Morgan fingerprint density at radius 2 is 2.23 bits per heavy atom. The molecule has 0 saturated carbocycles. The summed E-state index contributed by atoms with van der Waals surface area (Å²) in [7, 11) is -1.83. The van der Waals surface area contributed by atoms with E-state index in [-0.39, 0.29) is 23.8 Å². The highest BCUT2D eigenvalue weighted by atomic mass is 79.9. The molecule has 1 aromatic heterocycles. The van der Waals surface area contributed by atoms with Crippen LogP contribution < -0.4 is 9.52 Å². The van der Waals surface area contributed by atoms with Crippen LogP contribution in [0.2, 0.25) is 0 Å². The van der Waals surface area contributed by atoms with Crippen LogP contribution >= 0.6 is 27.3 Å². The van der Waals surface area contributed by atoms with Gasteiger partial charge in [-0.05, 0) is 18.2 Å². The Bertz CT molecular complexity index is 840. The van der Waals surface area contributed by atoms with Gasteiger partial charge in [-0.15, -0.1) is 11.3 Å². The van der Waals surface area contributed by atoms with Crippen LogP contribution in [0.15, 0.2) is 50.2 Å². The molecule has 0 bridgehead atoms. The fraction of sp³-hybridized carbons (Fsp3) is 0.231. The molecule has 0 aliphatic rings. The maximum Gasteiger partial charge on any atom is 0.249 e. The van der Waals surface area contributed by atoms with Gasteiger partial charge in [0.25, 0.3) is 0 Å². The summed E-state index contributed by atoms with van der Waals surface area (Å²) in [5.74, 6) is -0.366. The molecule has 0 radical (unpaired) electrons. The van der Waals surface area contributed by atoms with Crippen molar-refractivity contribution in [2.45, 2.75) is 11.3 Å². The van der Waals surface area contributed by atoms with Gasteiger partial charge in [-0.2, -0.15) is 4.99 Å². The molecule has 0 aliphatic carbocycles. The number of hydrogen-bond donors (Lipinski definition) is 1. The molecule has 1 heterocycles. The van der Waals surface area contributed by atoms with Crippen LogP contribution in [-0.4, -0.2) is 25.4 Å². The monoisotopic (exact) mass is 403 g/mol. The van der Waals surface area contributed by atoms with Crippen LogP contribution in [-0.2, 0) is 21.9 Å². The van der Waals surface area contributed by atoms with Crippen molar-refractivity contribution in [1.82, 2.24) is 9.29 Å². The number of amides is 1.